The number of fused-ring (bicyclic) bond motifs is 2. The molecule has 0 fully saturated rings. The van der Waals surface area contributed by atoms with E-state index in [2.05, 4.69) is 15.9 Å². The van der Waals surface area contributed by atoms with Gasteiger partial charge >= 0.3 is 0 Å². The van der Waals surface area contributed by atoms with Crippen molar-refractivity contribution < 1.29 is 19.7 Å². The van der Waals surface area contributed by atoms with Gasteiger partial charge < -0.3 is 19.5 Å². The zero-order chi connectivity index (χ0) is 17.0. The number of benzene rings is 2. The number of ether oxygens (including phenoxy) is 1. The number of aromatic nitrogens is 1. The molecule has 1 aromatic heterocycles. The van der Waals surface area contributed by atoms with Crippen molar-refractivity contribution in [1.82, 2.24) is 4.57 Å². The van der Waals surface area contributed by atoms with E-state index < -0.39 is 5.78 Å². The monoisotopic (exact) mass is 385 g/mol. The first-order valence-electron chi connectivity index (χ1n) is 7.19. The zero-order valence-corrected chi connectivity index (χ0v) is 14.2. The van der Waals surface area contributed by atoms with Crippen molar-refractivity contribution in [3.63, 3.8) is 0 Å². The summed E-state index contributed by atoms with van der Waals surface area (Å²) in [6.45, 7) is 0. The van der Waals surface area contributed by atoms with Gasteiger partial charge in [0, 0.05) is 46.3 Å². The van der Waals surface area contributed by atoms with Crippen molar-refractivity contribution >= 4 is 38.7 Å². The Balaban J connectivity index is 1.85. The largest absolute Gasteiger partial charge is 0.508 e. The molecule has 0 saturated carbocycles. The van der Waals surface area contributed by atoms with Crippen molar-refractivity contribution in [2.45, 2.75) is 0 Å². The maximum Gasteiger partial charge on any atom is 0.235 e. The maximum absolute atomic E-state index is 12.5. The van der Waals surface area contributed by atoms with Crippen LogP contribution in [0.2, 0.25) is 0 Å². The second-order valence-electron chi connectivity index (χ2n) is 5.63. The van der Waals surface area contributed by atoms with Crippen molar-refractivity contribution in [2.24, 2.45) is 7.05 Å². The normalized spacial score (nSPS) is 15.1. The van der Waals surface area contributed by atoms with Crippen LogP contribution in [0, 0.1) is 0 Å². The molecule has 0 spiro atoms. The molecule has 0 amide bonds. The Kier molecular flexibility index (Phi) is 3.18. The van der Waals surface area contributed by atoms with Crippen molar-refractivity contribution in [1.29, 1.82) is 0 Å². The first-order valence-corrected chi connectivity index (χ1v) is 7.98. The summed E-state index contributed by atoms with van der Waals surface area (Å²) in [5, 5.41) is 20.4. The van der Waals surface area contributed by atoms with Gasteiger partial charge in [0.2, 0.25) is 5.78 Å². The van der Waals surface area contributed by atoms with E-state index in [4.69, 9.17) is 4.74 Å². The number of Topliss-reactive ketones (excluding diaryl/α,β-unsaturated/α-hetero) is 1. The minimum absolute atomic E-state index is 0.0699. The second kappa shape index (κ2) is 5.14. The molecule has 1 aliphatic heterocycles. The van der Waals surface area contributed by atoms with E-state index in [1.807, 2.05) is 36.0 Å². The van der Waals surface area contributed by atoms with Gasteiger partial charge in [-0.3, -0.25) is 4.79 Å². The van der Waals surface area contributed by atoms with E-state index in [0.29, 0.717) is 0 Å². The van der Waals surface area contributed by atoms with Gasteiger partial charge in [-0.2, -0.15) is 0 Å². The highest BCUT2D eigenvalue weighted by Crippen LogP contribution is 2.41. The molecule has 0 aliphatic carbocycles. The quantitative estimate of drug-likeness (QED) is 0.621. The molecule has 5 nitrogen and oxygen atoms in total. The van der Waals surface area contributed by atoms with Crippen molar-refractivity contribution in [3.8, 4) is 17.2 Å². The van der Waals surface area contributed by atoms with E-state index in [9.17, 15) is 15.0 Å². The predicted molar refractivity (Wildman–Crippen MR) is 93.3 cm³/mol. The van der Waals surface area contributed by atoms with Crippen LogP contribution in [-0.2, 0) is 7.05 Å². The number of halogens is 1. The molecule has 120 valence electrons. The Morgan fingerprint density at radius 3 is 2.79 bits per heavy atom. The van der Waals surface area contributed by atoms with Crippen LogP contribution in [0.3, 0.4) is 0 Å². The second-order valence-corrected chi connectivity index (χ2v) is 6.55. The van der Waals surface area contributed by atoms with E-state index in [1.54, 1.807) is 6.08 Å². The van der Waals surface area contributed by atoms with Crippen LogP contribution in [0.25, 0.3) is 17.0 Å². The van der Waals surface area contributed by atoms with Gasteiger partial charge in [0.05, 0.1) is 0 Å². The third-order valence-electron chi connectivity index (χ3n) is 4.01. The van der Waals surface area contributed by atoms with Gasteiger partial charge in [0.15, 0.2) is 5.76 Å². The van der Waals surface area contributed by atoms with Crippen LogP contribution in [0.4, 0.5) is 0 Å². The molecule has 3 aromatic rings. The number of aromatic hydroxyl groups is 2. The van der Waals surface area contributed by atoms with Crippen LogP contribution in [0.5, 0.6) is 17.2 Å². The zero-order valence-electron chi connectivity index (χ0n) is 12.6. The number of carbonyl (C=O) groups excluding carboxylic acids is 1. The van der Waals surface area contributed by atoms with Gasteiger partial charge in [0.25, 0.3) is 0 Å². The first kappa shape index (κ1) is 14.8. The molecule has 0 saturated heterocycles. The molecule has 24 heavy (non-hydrogen) atoms. The number of nitrogens with zero attached hydrogens (tertiary/aromatic N) is 1. The minimum Gasteiger partial charge on any atom is -0.508 e. The number of rotatable bonds is 1. The topological polar surface area (TPSA) is 71.7 Å². The fourth-order valence-corrected chi connectivity index (χ4v) is 3.29. The molecular formula is C18H12BrNO4. The lowest BCUT2D eigenvalue weighted by molar-refractivity contribution is 0.101. The van der Waals surface area contributed by atoms with Gasteiger partial charge in [-0.25, -0.2) is 0 Å². The van der Waals surface area contributed by atoms with Gasteiger partial charge in [-0.15, -0.1) is 0 Å². The third-order valence-corrected chi connectivity index (χ3v) is 4.50. The molecule has 4 rings (SSSR count). The number of aryl methyl sites for hydroxylation is 1. The summed E-state index contributed by atoms with van der Waals surface area (Å²) in [6, 6.07) is 8.34. The Morgan fingerprint density at radius 1 is 1.21 bits per heavy atom. The van der Waals surface area contributed by atoms with Crippen LogP contribution in [0.15, 0.2) is 46.8 Å². The van der Waals surface area contributed by atoms with E-state index >= 15 is 0 Å². The summed E-state index contributed by atoms with van der Waals surface area (Å²) in [6.07, 6.45) is 3.55. The molecule has 1 aliphatic rings. The first-order chi connectivity index (χ1) is 11.4. The highest BCUT2D eigenvalue weighted by Gasteiger charge is 2.31. The number of allylic oxidation sites excluding steroid dienone is 1. The number of carbonyl (C=O) groups is 1. The van der Waals surface area contributed by atoms with Gasteiger partial charge in [-0.1, -0.05) is 15.9 Å². The van der Waals surface area contributed by atoms with Crippen LogP contribution in [0.1, 0.15) is 15.9 Å². The molecule has 2 heterocycles. The molecule has 2 N–H and O–H groups in total. The number of phenolic OH excluding ortho intramolecular Hbond substituents is 2. The summed E-state index contributed by atoms with van der Waals surface area (Å²) in [4.78, 5) is 12.5. The van der Waals surface area contributed by atoms with Crippen LogP contribution in [-0.4, -0.2) is 20.6 Å². The fourth-order valence-electron chi connectivity index (χ4n) is 2.93. The van der Waals surface area contributed by atoms with E-state index in [1.165, 1.54) is 6.07 Å². The summed E-state index contributed by atoms with van der Waals surface area (Å²) >= 11 is 3.45. The van der Waals surface area contributed by atoms with Gasteiger partial charge in [0.1, 0.15) is 22.8 Å². The molecule has 2 aromatic carbocycles. The molecule has 0 atom stereocenters. The summed E-state index contributed by atoms with van der Waals surface area (Å²) in [5.41, 5.74) is 1.92. The SMILES string of the molecule is Cn1cc(/C=C2\Oc3cc(O)cc(O)c3C2=O)c2cc(Br)ccc21. The smallest absolute Gasteiger partial charge is 0.235 e. The molecule has 6 heteroatoms. The number of phenols is 2. The molecule has 0 bridgehead atoms. The van der Waals surface area contributed by atoms with Crippen LogP contribution >= 0.6 is 15.9 Å². The standard InChI is InChI=1S/C18H12BrNO4/c1-20-8-9(12-5-10(19)2-3-13(12)20)4-16-18(23)17-14(22)6-11(21)7-15(17)24-16/h2-8,21-22H,1H3/b16-4-. The fraction of sp³-hybridized carbons (Fsp3) is 0.0556. The predicted octanol–water partition coefficient (Wildman–Crippen LogP) is 3.97. The highest BCUT2D eigenvalue weighted by molar-refractivity contribution is 9.10. The Bertz CT molecular complexity index is 1050. The maximum atomic E-state index is 12.5. The van der Waals surface area contributed by atoms with Crippen molar-refractivity contribution in [3.05, 3.63) is 57.9 Å². The third kappa shape index (κ3) is 2.18. The minimum atomic E-state index is -0.408. The van der Waals surface area contributed by atoms with Crippen LogP contribution < -0.4 is 4.74 Å². The highest BCUT2D eigenvalue weighted by atomic mass is 79.9. The van der Waals surface area contributed by atoms with Crippen molar-refractivity contribution in [2.75, 3.05) is 0 Å². The number of hydrogen-bond donors (Lipinski definition) is 2. The summed E-state index contributed by atoms with van der Waals surface area (Å²) < 4.78 is 8.44. The Hall–Kier alpha value is -2.73. The molecule has 0 radical (unpaired) electrons. The number of hydrogen-bond acceptors (Lipinski definition) is 4. The lowest BCUT2D eigenvalue weighted by Gasteiger charge is -2.00. The Labute approximate surface area is 145 Å². The lowest BCUT2D eigenvalue weighted by atomic mass is 10.1. The van der Waals surface area contributed by atoms with Gasteiger partial charge in [-0.05, 0) is 24.3 Å². The summed E-state index contributed by atoms with van der Waals surface area (Å²) in [5.74, 6) is -0.591. The van der Waals surface area contributed by atoms with E-state index in [0.717, 1.165) is 27.0 Å². The molecule has 0 unspecified atom stereocenters. The lowest BCUT2D eigenvalue weighted by Crippen LogP contribution is -1.98. The number of ketones is 1. The average Bonchev–Trinajstić information content (AvgIpc) is 2.97. The average molecular weight is 386 g/mol. The summed E-state index contributed by atoms with van der Waals surface area (Å²) in [7, 11) is 1.92. The molecular weight excluding hydrogens is 374 g/mol. The van der Waals surface area contributed by atoms with E-state index in [-0.39, 0.29) is 28.6 Å². The Morgan fingerprint density at radius 2 is 2.00 bits per heavy atom.